The number of rotatable bonds is 16. The molecule has 34 heavy (non-hydrogen) atoms. The van der Waals surface area contributed by atoms with E-state index in [9.17, 15) is 19.5 Å². The molecule has 190 valence electrons. The molecule has 1 saturated heterocycles. The van der Waals surface area contributed by atoms with Gasteiger partial charge in [0.1, 0.15) is 6.04 Å². The van der Waals surface area contributed by atoms with Crippen molar-refractivity contribution in [2.24, 2.45) is 5.92 Å². The molecule has 0 aromatic heterocycles. The topological polar surface area (TPSA) is 111 Å². The molecule has 0 aliphatic carbocycles. The molecule has 9 heteroatoms. The van der Waals surface area contributed by atoms with Gasteiger partial charge in [-0.2, -0.15) is 11.8 Å². The molecule has 1 unspecified atom stereocenters. The van der Waals surface area contributed by atoms with Crippen LogP contribution >= 0.6 is 11.8 Å². The van der Waals surface area contributed by atoms with Gasteiger partial charge in [0.15, 0.2) is 0 Å². The Labute approximate surface area is 207 Å². The van der Waals surface area contributed by atoms with Crippen LogP contribution in [0.1, 0.15) is 45.1 Å². The Balaban J connectivity index is 2.07. The van der Waals surface area contributed by atoms with Gasteiger partial charge in [-0.05, 0) is 36.3 Å². The van der Waals surface area contributed by atoms with Crippen molar-refractivity contribution >= 4 is 29.5 Å². The first-order valence-electron chi connectivity index (χ1n) is 12.1. The van der Waals surface area contributed by atoms with Gasteiger partial charge in [-0.3, -0.25) is 14.5 Å². The standard InChI is InChI=1S/C25H40N4O4S/c1-4-18(2)22(26-14-20-10-11-23(30)27-20)16-29(15-19-8-6-5-7-9-19)17-24(31)28-21(25(32)33)12-13-34-3/h5-9,18,20-22,26H,4,10-17H2,1-3H3,(H,27,30)(H,28,31)(H,32,33)/t18-,20?,21-,22+/m0/s1. The molecule has 0 spiro atoms. The average Bonchev–Trinajstić information content (AvgIpc) is 3.24. The molecular weight excluding hydrogens is 452 g/mol. The van der Waals surface area contributed by atoms with Gasteiger partial charge >= 0.3 is 5.97 Å². The quantitative estimate of drug-likeness (QED) is 0.280. The zero-order chi connectivity index (χ0) is 24.9. The molecule has 1 aliphatic rings. The van der Waals surface area contributed by atoms with Crippen LogP contribution in [0.25, 0.3) is 0 Å². The van der Waals surface area contributed by atoms with Crippen LogP contribution in [0.15, 0.2) is 30.3 Å². The largest absolute Gasteiger partial charge is 0.480 e. The van der Waals surface area contributed by atoms with E-state index in [0.29, 0.717) is 44.1 Å². The Kier molecular flexibility index (Phi) is 12.4. The lowest BCUT2D eigenvalue weighted by Gasteiger charge is -2.32. The summed E-state index contributed by atoms with van der Waals surface area (Å²) >= 11 is 1.56. The molecule has 1 heterocycles. The maximum Gasteiger partial charge on any atom is 0.326 e. The van der Waals surface area contributed by atoms with Crippen molar-refractivity contribution in [3.05, 3.63) is 35.9 Å². The normalized spacial score (nSPS) is 18.4. The van der Waals surface area contributed by atoms with Gasteiger partial charge in [-0.15, -0.1) is 0 Å². The summed E-state index contributed by atoms with van der Waals surface area (Å²) in [4.78, 5) is 38.1. The van der Waals surface area contributed by atoms with Gasteiger partial charge in [-0.1, -0.05) is 50.6 Å². The molecule has 0 saturated carbocycles. The lowest BCUT2D eigenvalue weighted by molar-refractivity contribution is -0.142. The van der Waals surface area contributed by atoms with E-state index in [1.807, 2.05) is 36.6 Å². The summed E-state index contributed by atoms with van der Waals surface area (Å²) in [5, 5.41) is 18.8. The Morgan fingerprint density at radius 2 is 2.03 bits per heavy atom. The first-order chi connectivity index (χ1) is 16.3. The molecule has 2 amide bonds. The van der Waals surface area contributed by atoms with E-state index >= 15 is 0 Å². The number of carboxylic acids is 1. The number of hydrogen-bond acceptors (Lipinski definition) is 6. The van der Waals surface area contributed by atoms with E-state index in [1.54, 1.807) is 11.8 Å². The molecule has 8 nitrogen and oxygen atoms in total. The fourth-order valence-electron chi connectivity index (χ4n) is 4.10. The van der Waals surface area contributed by atoms with E-state index in [0.717, 1.165) is 18.4 Å². The number of amides is 2. The zero-order valence-corrected chi connectivity index (χ0v) is 21.4. The highest BCUT2D eigenvalue weighted by molar-refractivity contribution is 7.98. The van der Waals surface area contributed by atoms with Crippen LogP contribution in [0.5, 0.6) is 0 Å². The highest BCUT2D eigenvalue weighted by Gasteiger charge is 2.26. The Bertz CT molecular complexity index is 779. The molecule has 1 aromatic carbocycles. The van der Waals surface area contributed by atoms with E-state index in [2.05, 4.69) is 34.7 Å². The fourth-order valence-corrected chi connectivity index (χ4v) is 4.57. The van der Waals surface area contributed by atoms with Crippen molar-refractivity contribution < 1.29 is 19.5 Å². The lowest BCUT2D eigenvalue weighted by atomic mass is 9.97. The van der Waals surface area contributed by atoms with E-state index in [1.165, 1.54) is 0 Å². The first-order valence-corrected chi connectivity index (χ1v) is 13.5. The van der Waals surface area contributed by atoms with Crippen LogP contribution in [-0.2, 0) is 20.9 Å². The van der Waals surface area contributed by atoms with Crippen molar-refractivity contribution in [3.63, 3.8) is 0 Å². The van der Waals surface area contributed by atoms with E-state index < -0.39 is 12.0 Å². The summed E-state index contributed by atoms with van der Waals surface area (Å²) in [7, 11) is 0. The van der Waals surface area contributed by atoms with Crippen molar-refractivity contribution in [2.75, 3.05) is 31.6 Å². The predicted octanol–water partition coefficient (Wildman–Crippen LogP) is 2.09. The molecule has 0 radical (unpaired) electrons. The third kappa shape index (κ3) is 10.0. The Morgan fingerprint density at radius 1 is 1.29 bits per heavy atom. The number of hydrogen-bond donors (Lipinski definition) is 4. The number of benzene rings is 1. The second-order valence-corrected chi connectivity index (χ2v) is 10.1. The van der Waals surface area contributed by atoms with E-state index in [-0.39, 0.29) is 30.4 Å². The molecule has 0 bridgehead atoms. The number of nitrogens with one attached hydrogen (secondary N) is 3. The maximum atomic E-state index is 12.9. The summed E-state index contributed by atoms with van der Waals surface area (Å²) in [6, 6.07) is 9.36. The molecule has 1 aliphatic heterocycles. The monoisotopic (exact) mass is 492 g/mol. The third-order valence-electron chi connectivity index (χ3n) is 6.36. The van der Waals surface area contributed by atoms with Crippen LogP contribution in [0.4, 0.5) is 0 Å². The summed E-state index contributed by atoms with van der Waals surface area (Å²) in [6.07, 6.45) is 4.70. The summed E-state index contributed by atoms with van der Waals surface area (Å²) in [5.41, 5.74) is 1.10. The zero-order valence-electron chi connectivity index (χ0n) is 20.6. The minimum absolute atomic E-state index is 0.101. The SMILES string of the molecule is CC[C@H](C)[C@@H](CN(CC(=O)N[C@@H](CCSC)C(=O)O)Cc1ccccc1)NCC1CCC(=O)N1. The second-order valence-electron chi connectivity index (χ2n) is 9.10. The summed E-state index contributed by atoms with van der Waals surface area (Å²) < 4.78 is 0. The van der Waals surface area contributed by atoms with Crippen molar-refractivity contribution in [1.29, 1.82) is 0 Å². The lowest BCUT2D eigenvalue weighted by Crippen LogP contribution is -2.51. The highest BCUT2D eigenvalue weighted by atomic mass is 32.2. The first kappa shape index (κ1) is 28.1. The van der Waals surface area contributed by atoms with Crippen LogP contribution < -0.4 is 16.0 Å². The van der Waals surface area contributed by atoms with Gasteiger partial charge in [0, 0.05) is 38.1 Å². The van der Waals surface area contributed by atoms with Gasteiger partial charge < -0.3 is 21.1 Å². The van der Waals surface area contributed by atoms with Crippen molar-refractivity contribution in [1.82, 2.24) is 20.9 Å². The van der Waals surface area contributed by atoms with E-state index in [4.69, 9.17) is 0 Å². The minimum Gasteiger partial charge on any atom is -0.480 e. The maximum absolute atomic E-state index is 12.9. The van der Waals surface area contributed by atoms with Crippen molar-refractivity contribution in [2.45, 2.75) is 64.2 Å². The van der Waals surface area contributed by atoms with Crippen molar-refractivity contribution in [3.8, 4) is 0 Å². The highest BCUT2D eigenvalue weighted by Crippen LogP contribution is 2.14. The number of aliphatic carboxylic acids is 1. The molecular formula is C25H40N4O4S. The van der Waals surface area contributed by atoms with Gasteiger partial charge in [0.2, 0.25) is 11.8 Å². The average molecular weight is 493 g/mol. The molecule has 4 atom stereocenters. The number of nitrogens with zero attached hydrogens (tertiary/aromatic N) is 1. The van der Waals surface area contributed by atoms with Gasteiger partial charge in [-0.25, -0.2) is 4.79 Å². The molecule has 1 aromatic rings. The molecule has 2 rings (SSSR count). The fraction of sp³-hybridized carbons (Fsp3) is 0.640. The summed E-state index contributed by atoms with van der Waals surface area (Å²) in [6.45, 7) is 6.38. The van der Waals surface area contributed by atoms with Gasteiger partial charge in [0.25, 0.3) is 0 Å². The summed E-state index contributed by atoms with van der Waals surface area (Å²) in [5.74, 6) is -0.149. The van der Waals surface area contributed by atoms with Gasteiger partial charge in [0.05, 0.1) is 6.54 Å². The number of carbonyl (C=O) groups is 3. The number of thioether (sulfide) groups is 1. The number of carboxylic acid groups (broad SMARTS) is 1. The smallest absolute Gasteiger partial charge is 0.326 e. The number of carbonyl (C=O) groups excluding carboxylic acids is 2. The van der Waals surface area contributed by atoms with Crippen LogP contribution in [0.3, 0.4) is 0 Å². The predicted molar refractivity (Wildman–Crippen MR) is 137 cm³/mol. The van der Waals surface area contributed by atoms with Crippen LogP contribution in [0, 0.1) is 5.92 Å². The minimum atomic E-state index is -1.00. The molecule has 1 fully saturated rings. The second kappa shape index (κ2) is 15.0. The van der Waals surface area contributed by atoms with Crippen LogP contribution in [0.2, 0.25) is 0 Å². The Hall–Kier alpha value is -2.10. The Morgan fingerprint density at radius 3 is 2.62 bits per heavy atom. The molecule has 4 N–H and O–H groups in total. The van der Waals surface area contributed by atoms with Crippen LogP contribution in [-0.4, -0.2) is 77.6 Å². The third-order valence-corrected chi connectivity index (χ3v) is 7.00.